The van der Waals surface area contributed by atoms with Gasteiger partial charge in [-0.1, -0.05) is 19.9 Å². The van der Waals surface area contributed by atoms with Gasteiger partial charge < -0.3 is 10.7 Å². The van der Waals surface area contributed by atoms with Gasteiger partial charge in [0, 0.05) is 10.4 Å². The summed E-state index contributed by atoms with van der Waals surface area (Å²) in [6, 6.07) is 4.44. The summed E-state index contributed by atoms with van der Waals surface area (Å²) >= 11 is 1.75. The minimum absolute atomic E-state index is 0.235. The lowest BCUT2D eigenvalue weighted by atomic mass is 10.0. The zero-order valence-electron chi connectivity index (χ0n) is 11.3. The van der Waals surface area contributed by atoms with Crippen LogP contribution in [-0.4, -0.2) is 9.97 Å². The van der Waals surface area contributed by atoms with Gasteiger partial charge in [0.15, 0.2) is 0 Å². The van der Waals surface area contributed by atoms with Gasteiger partial charge in [-0.05, 0) is 24.3 Å². The quantitative estimate of drug-likeness (QED) is 0.578. The SMILES string of the molecule is Cc1c(NN)ncnc1NC(c1cccs1)C(C)C. The summed E-state index contributed by atoms with van der Waals surface area (Å²) in [5.41, 5.74) is 3.51. The number of anilines is 2. The molecule has 0 saturated heterocycles. The number of nitrogens with zero attached hydrogens (tertiary/aromatic N) is 2. The number of nitrogen functional groups attached to an aromatic ring is 1. The standard InChI is InChI=1S/C13H19N5S/c1-8(2)11(10-5-4-6-19-10)17-12-9(3)13(18-14)16-7-15-12/h4-8,11H,14H2,1-3H3,(H2,15,16,17,18). The zero-order chi connectivity index (χ0) is 13.8. The highest BCUT2D eigenvalue weighted by Gasteiger charge is 2.18. The number of rotatable bonds is 5. The number of hydrogen-bond donors (Lipinski definition) is 3. The van der Waals surface area contributed by atoms with Gasteiger partial charge in [0.1, 0.15) is 18.0 Å². The number of hydrazine groups is 1. The molecule has 5 nitrogen and oxygen atoms in total. The van der Waals surface area contributed by atoms with Crippen molar-refractivity contribution in [1.29, 1.82) is 0 Å². The van der Waals surface area contributed by atoms with Crippen LogP contribution in [0.4, 0.5) is 11.6 Å². The van der Waals surface area contributed by atoms with Crippen molar-refractivity contribution in [2.24, 2.45) is 11.8 Å². The van der Waals surface area contributed by atoms with Gasteiger partial charge in [-0.3, -0.25) is 0 Å². The third-order valence-electron chi connectivity index (χ3n) is 3.03. The van der Waals surface area contributed by atoms with E-state index in [1.165, 1.54) is 11.2 Å². The van der Waals surface area contributed by atoms with E-state index in [2.05, 4.69) is 52.1 Å². The van der Waals surface area contributed by atoms with E-state index in [1.54, 1.807) is 11.3 Å². The van der Waals surface area contributed by atoms with Gasteiger partial charge >= 0.3 is 0 Å². The number of hydrogen-bond acceptors (Lipinski definition) is 6. The maximum absolute atomic E-state index is 5.44. The Kier molecular flexibility index (Phi) is 4.34. The van der Waals surface area contributed by atoms with Crippen LogP contribution in [0.2, 0.25) is 0 Å². The molecule has 2 rings (SSSR count). The average Bonchev–Trinajstić information content (AvgIpc) is 2.90. The Bertz CT molecular complexity index is 524. The first kappa shape index (κ1) is 13.8. The minimum Gasteiger partial charge on any atom is -0.362 e. The molecule has 0 radical (unpaired) electrons. The molecule has 1 unspecified atom stereocenters. The molecule has 0 amide bonds. The zero-order valence-corrected chi connectivity index (χ0v) is 12.2. The highest BCUT2D eigenvalue weighted by molar-refractivity contribution is 7.10. The highest BCUT2D eigenvalue weighted by Crippen LogP contribution is 2.30. The van der Waals surface area contributed by atoms with Crippen molar-refractivity contribution in [1.82, 2.24) is 9.97 Å². The maximum atomic E-state index is 5.44. The van der Waals surface area contributed by atoms with Crippen LogP contribution in [-0.2, 0) is 0 Å². The molecule has 4 N–H and O–H groups in total. The lowest BCUT2D eigenvalue weighted by Crippen LogP contribution is -2.18. The van der Waals surface area contributed by atoms with Crippen LogP contribution in [0.5, 0.6) is 0 Å². The van der Waals surface area contributed by atoms with Crippen molar-refractivity contribution in [3.8, 4) is 0 Å². The topological polar surface area (TPSA) is 75.9 Å². The number of thiophene rings is 1. The van der Waals surface area contributed by atoms with Gasteiger partial charge in [-0.15, -0.1) is 11.3 Å². The van der Waals surface area contributed by atoms with Crippen LogP contribution in [0.3, 0.4) is 0 Å². The van der Waals surface area contributed by atoms with Crippen molar-refractivity contribution >= 4 is 23.0 Å². The monoisotopic (exact) mass is 277 g/mol. The summed E-state index contributed by atoms with van der Waals surface area (Å²) in [6.45, 7) is 6.33. The highest BCUT2D eigenvalue weighted by atomic mass is 32.1. The van der Waals surface area contributed by atoms with Crippen molar-refractivity contribution in [2.45, 2.75) is 26.8 Å². The molecule has 19 heavy (non-hydrogen) atoms. The van der Waals surface area contributed by atoms with E-state index in [0.29, 0.717) is 11.7 Å². The van der Waals surface area contributed by atoms with Gasteiger partial charge in [-0.25, -0.2) is 15.8 Å². The third-order valence-corrected chi connectivity index (χ3v) is 3.98. The van der Waals surface area contributed by atoms with E-state index >= 15 is 0 Å². The van der Waals surface area contributed by atoms with Crippen LogP contribution in [0.15, 0.2) is 23.8 Å². The normalized spacial score (nSPS) is 12.5. The second kappa shape index (κ2) is 5.99. The number of aromatic nitrogens is 2. The Morgan fingerprint density at radius 1 is 1.26 bits per heavy atom. The first-order chi connectivity index (χ1) is 9.13. The lowest BCUT2D eigenvalue weighted by molar-refractivity contribution is 0.551. The maximum Gasteiger partial charge on any atom is 0.148 e. The predicted molar refractivity (Wildman–Crippen MR) is 80.1 cm³/mol. The smallest absolute Gasteiger partial charge is 0.148 e. The van der Waals surface area contributed by atoms with E-state index in [9.17, 15) is 0 Å². The molecule has 0 aliphatic heterocycles. The largest absolute Gasteiger partial charge is 0.362 e. The Morgan fingerprint density at radius 3 is 2.58 bits per heavy atom. The lowest BCUT2D eigenvalue weighted by Gasteiger charge is -2.23. The van der Waals surface area contributed by atoms with E-state index in [-0.39, 0.29) is 6.04 Å². The van der Waals surface area contributed by atoms with E-state index in [4.69, 9.17) is 5.84 Å². The summed E-state index contributed by atoms with van der Waals surface area (Å²) in [5.74, 6) is 7.36. The second-order valence-corrected chi connectivity index (χ2v) is 5.70. The molecular formula is C13H19N5S. The summed E-state index contributed by atoms with van der Waals surface area (Å²) in [7, 11) is 0. The van der Waals surface area contributed by atoms with Crippen LogP contribution in [0.25, 0.3) is 0 Å². The molecule has 2 aromatic rings. The number of nitrogens with two attached hydrogens (primary N) is 1. The molecular weight excluding hydrogens is 258 g/mol. The molecule has 6 heteroatoms. The van der Waals surface area contributed by atoms with Crippen molar-refractivity contribution in [3.63, 3.8) is 0 Å². The molecule has 0 spiro atoms. The van der Waals surface area contributed by atoms with Gasteiger partial charge in [0.05, 0.1) is 6.04 Å². The molecule has 102 valence electrons. The Balaban J connectivity index is 2.28. The summed E-state index contributed by atoms with van der Waals surface area (Å²) < 4.78 is 0. The molecule has 2 heterocycles. The molecule has 0 fully saturated rings. The van der Waals surface area contributed by atoms with Crippen molar-refractivity contribution < 1.29 is 0 Å². The summed E-state index contributed by atoms with van der Waals surface area (Å²) in [6.07, 6.45) is 1.51. The fourth-order valence-electron chi connectivity index (χ4n) is 1.92. The fraction of sp³-hybridized carbons (Fsp3) is 0.385. The van der Waals surface area contributed by atoms with Crippen LogP contribution in [0, 0.1) is 12.8 Å². The molecule has 0 saturated carbocycles. The second-order valence-electron chi connectivity index (χ2n) is 4.72. The van der Waals surface area contributed by atoms with Gasteiger partial charge in [0.25, 0.3) is 0 Å². The van der Waals surface area contributed by atoms with Crippen LogP contribution < -0.4 is 16.6 Å². The molecule has 0 aliphatic rings. The van der Waals surface area contributed by atoms with Gasteiger partial charge in [0.2, 0.25) is 0 Å². The van der Waals surface area contributed by atoms with Crippen LogP contribution in [0.1, 0.15) is 30.3 Å². The van der Waals surface area contributed by atoms with Crippen molar-refractivity contribution in [3.05, 3.63) is 34.3 Å². The summed E-state index contributed by atoms with van der Waals surface area (Å²) in [4.78, 5) is 9.69. The minimum atomic E-state index is 0.235. The predicted octanol–water partition coefficient (Wildman–Crippen LogP) is 2.94. The molecule has 0 aromatic carbocycles. The molecule has 0 bridgehead atoms. The first-order valence-electron chi connectivity index (χ1n) is 6.21. The molecule has 1 atom stereocenters. The fourth-order valence-corrected chi connectivity index (χ4v) is 2.87. The van der Waals surface area contributed by atoms with E-state index < -0.39 is 0 Å². The van der Waals surface area contributed by atoms with E-state index in [1.807, 2.05) is 6.92 Å². The Labute approximate surface area is 117 Å². The van der Waals surface area contributed by atoms with Gasteiger partial charge in [-0.2, -0.15) is 0 Å². The Hall–Kier alpha value is -1.66. The summed E-state index contributed by atoms with van der Waals surface area (Å²) in [5, 5.41) is 5.58. The van der Waals surface area contributed by atoms with E-state index in [0.717, 1.165) is 11.4 Å². The van der Waals surface area contributed by atoms with Crippen LogP contribution >= 0.6 is 11.3 Å². The molecule has 2 aromatic heterocycles. The molecule has 0 aliphatic carbocycles. The average molecular weight is 277 g/mol. The first-order valence-corrected chi connectivity index (χ1v) is 7.09. The Morgan fingerprint density at radius 2 is 2.00 bits per heavy atom. The number of nitrogens with one attached hydrogen (secondary N) is 2. The van der Waals surface area contributed by atoms with Crippen molar-refractivity contribution in [2.75, 3.05) is 10.7 Å². The third kappa shape index (κ3) is 3.02.